The zero-order valence-corrected chi connectivity index (χ0v) is 8.92. The van der Waals surface area contributed by atoms with Gasteiger partial charge in [0.15, 0.2) is 5.62 Å². The van der Waals surface area contributed by atoms with Crippen molar-refractivity contribution in [1.29, 1.82) is 5.41 Å². The molecule has 0 aromatic heterocycles. The van der Waals surface area contributed by atoms with Crippen LogP contribution in [0.1, 0.15) is 0 Å². The van der Waals surface area contributed by atoms with Crippen LogP contribution in [0.3, 0.4) is 0 Å². The monoisotopic (exact) mass is 239 g/mol. The van der Waals surface area contributed by atoms with Crippen molar-refractivity contribution in [2.75, 3.05) is 6.54 Å². The summed E-state index contributed by atoms with van der Waals surface area (Å²) in [4.78, 5) is 1.53. The Kier molecular flexibility index (Phi) is 3.47. The summed E-state index contributed by atoms with van der Waals surface area (Å²) in [6.45, 7) is 4.00. The Morgan fingerprint density at radius 1 is 1.62 bits per heavy atom. The van der Waals surface area contributed by atoms with Crippen molar-refractivity contribution in [2.45, 2.75) is 5.62 Å². The smallest absolute Gasteiger partial charge is 0.179 e. The van der Waals surface area contributed by atoms with E-state index in [0.717, 1.165) is 0 Å². The molecule has 0 aromatic carbocycles. The molecule has 0 spiro atoms. The summed E-state index contributed by atoms with van der Waals surface area (Å²) in [7, 11) is 0. The number of nitrogens with one attached hydrogen (secondary N) is 2. The average molecular weight is 241 g/mol. The Balaban J connectivity index is 2.90. The normalized spacial score (nSPS) is 23.2. The van der Waals surface area contributed by atoms with E-state index in [-0.39, 0.29) is 16.0 Å². The molecule has 0 saturated heterocycles. The first kappa shape index (κ1) is 10.7. The van der Waals surface area contributed by atoms with Crippen molar-refractivity contribution in [3.8, 4) is 0 Å². The molecule has 1 unspecified atom stereocenters. The topological polar surface area (TPSA) is 39.1 Å². The molecule has 1 rings (SSSR count). The van der Waals surface area contributed by atoms with Crippen molar-refractivity contribution in [3.05, 3.63) is 22.8 Å². The van der Waals surface area contributed by atoms with Gasteiger partial charge in [0.05, 0.1) is 0 Å². The summed E-state index contributed by atoms with van der Waals surface area (Å²) < 4.78 is 0. The minimum absolute atomic E-state index is 0.102. The van der Waals surface area contributed by atoms with E-state index in [1.165, 1.54) is 4.90 Å². The second-order valence-electron chi connectivity index (χ2n) is 2.40. The predicted molar refractivity (Wildman–Crippen MR) is 56.1 cm³/mol. The molecular formula is C7H8Cl3N3. The van der Waals surface area contributed by atoms with Crippen LogP contribution in [0.4, 0.5) is 0 Å². The van der Waals surface area contributed by atoms with Crippen LogP contribution in [0.25, 0.3) is 0 Å². The molecule has 1 heterocycles. The Bertz CT molecular complexity index is 274. The van der Waals surface area contributed by atoms with Gasteiger partial charge in [-0.25, -0.2) is 0 Å². The molecule has 13 heavy (non-hydrogen) atoms. The summed E-state index contributed by atoms with van der Waals surface area (Å²) in [5.74, 6) is 0.102. The van der Waals surface area contributed by atoms with E-state index in [1.807, 2.05) is 0 Å². The van der Waals surface area contributed by atoms with Crippen LogP contribution in [0, 0.1) is 5.41 Å². The van der Waals surface area contributed by atoms with Crippen LogP contribution in [0.15, 0.2) is 22.8 Å². The predicted octanol–water partition coefficient (Wildman–Crippen LogP) is 2.22. The maximum absolute atomic E-state index is 7.60. The number of amidine groups is 1. The molecule has 0 aliphatic carbocycles. The van der Waals surface area contributed by atoms with E-state index in [9.17, 15) is 0 Å². The Labute approximate surface area is 91.4 Å². The van der Waals surface area contributed by atoms with Crippen molar-refractivity contribution in [1.82, 2.24) is 10.2 Å². The van der Waals surface area contributed by atoms with Gasteiger partial charge in [-0.1, -0.05) is 40.9 Å². The molecule has 0 bridgehead atoms. The second-order valence-corrected chi connectivity index (χ2v) is 3.57. The molecule has 2 N–H and O–H groups in total. The lowest BCUT2D eigenvalue weighted by Crippen LogP contribution is -2.48. The molecule has 1 atom stereocenters. The summed E-state index contributed by atoms with van der Waals surface area (Å²) >= 11 is 17.3. The minimum Gasteiger partial charge on any atom is -0.342 e. The third kappa shape index (κ3) is 2.10. The summed E-state index contributed by atoms with van der Waals surface area (Å²) in [5, 5.41) is 10.7. The third-order valence-corrected chi connectivity index (χ3v) is 2.64. The van der Waals surface area contributed by atoms with Crippen LogP contribution >= 0.6 is 34.8 Å². The molecule has 1 aliphatic heterocycles. The first-order valence-corrected chi connectivity index (χ1v) is 4.69. The zero-order chi connectivity index (χ0) is 10.0. The van der Waals surface area contributed by atoms with Crippen LogP contribution < -0.4 is 5.32 Å². The molecule has 3 nitrogen and oxygen atoms in total. The van der Waals surface area contributed by atoms with Crippen molar-refractivity contribution in [2.24, 2.45) is 0 Å². The molecule has 6 heteroatoms. The molecule has 72 valence electrons. The van der Waals surface area contributed by atoms with E-state index in [1.54, 1.807) is 6.08 Å². The highest BCUT2D eigenvalue weighted by atomic mass is 35.5. The van der Waals surface area contributed by atoms with Gasteiger partial charge in [0.1, 0.15) is 16.0 Å². The van der Waals surface area contributed by atoms with Crippen LogP contribution in [0.5, 0.6) is 0 Å². The van der Waals surface area contributed by atoms with Crippen molar-refractivity contribution in [3.63, 3.8) is 0 Å². The number of rotatable bonds is 2. The third-order valence-electron chi connectivity index (χ3n) is 1.53. The number of hydrogen-bond donors (Lipinski definition) is 2. The first-order chi connectivity index (χ1) is 6.07. The maximum Gasteiger partial charge on any atom is 0.179 e. The molecular weight excluding hydrogens is 232 g/mol. The van der Waals surface area contributed by atoms with Gasteiger partial charge in [-0.3, -0.25) is 5.41 Å². The summed E-state index contributed by atoms with van der Waals surface area (Å²) in [5.41, 5.74) is -0.555. The number of halogens is 3. The largest absolute Gasteiger partial charge is 0.342 e. The van der Waals surface area contributed by atoms with Gasteiger partial charge in [0, 0.05) is 6.54 Å². The quantitative estimate of drug-likeness (QED) is 0.441. The fourth-order valence-electron chi connectivity index (χ4n) is 0.912. The Hall–Kier alpha value is -0.380. The average Bonchev–Trinajstić information content (AvgIpc) is 2.09. The molecule has 0 aromatic rings. The Morgan fingerprint density at radius 2 is 2.23 bits per heavy atom. The first-order valence-electron chi connectivity index (χ1n) is 3.50. The van der Waals surface area contributed by atoms with Crippen molar-refractivity contribution < 1.29 is 0 Å². The maximum atomic E-state index is 7.60. The van der Waals surface area contributed by atoms with Crippen LogP contribution in [0.2, 0.25) is 0 Å². The highest BCUT2D eigenvalue weighted by Gasteiger charge is 2.27. The molecule has 0 saturated carbocycles. The van der Waals surface area contributed by atoms with Crippen molar-refractivity contribution >= 4 is 40.6 Å². The van der Waals surface area contributed by atoms with E-state index in [4.69, 9.17) is 40.2 Å². The van der Waals surface area contributed by atoms with Gasteiger partial charge in [0.25, 0.3) is 0 Å². The summed E-state index contributed by atoms with van der Waals surface area (Å²) in [6.07, 6.45) is 1.63. The minimum atomic E-state index is -0.555. The molecule has 0 amide bonds. The lowest BCUT2D eigenvalue weighted by Gasteiger charge is -2.33. The molecule has 1 aliphatic rings. The van der Waals surface area contributed by atoms with E-state index < -0.39 is 5.62 Å². The van der Waals surface area contributed by atoms with Gasteiger partial charge in [-0.15, -0.1) is 6.58 Å². The molecule has 0 radical (unpaired) electrons. The van der Waals surface area contributed by atoms with E-state index in [0.29, 0.717) is 6.54 Å². The SMILES string of the molecule is C=CCN1C(=N)C(Cl)=C(Cl)NC1Cl. The van der Waals surface area contributed by atoms with Gasteiger partial charge in [-0.05, 0) is 0 Å². The lowest BCUT2D eigenvalue weighted by atomic mass is 10.4. The van der Waals surface area contributed by atoms with Gasteiger partial charge >= 0.3 is 0 Å². The highest BCUT2D eigenvalue weighted by Crippen LogP contribution is 2.23. The second kappa shape index (κ2) is 4.22. The standard InChI is InChI=1S/C7H8Cl3N3/c1-2-3-13-6(11)4(8)5(9)12-7(13)10/h2,7,11-12H,1,3H2. The number of hydrogen-bond acceptors (Lipinski definition) is 2. The number of alkyl halides is 1. The highest BCUT2D eigenvalue weighted by molar-refractivity contribution is 6.49. The van der Waals surface area contributed by atoms with E-state index in [2.05, 4.69) is 11.9 Å². The summed E-state index contributed by atoms with van der Waals surface area (Å²) in [6, 6.07) is 0. The van der Waals surface area contributed by atoms with Gasteiger partial charge < -0.3 is 10.2 Å². The fraction of sp³-hybridized carbons (Fsp3) is 0.286. The lowest BCUT2D eigenvalue weighted by molar-refractivity contribution is 0.386. The fourth-order valence-corrected chi connectivity index (χ4v) is 1.61. The zero-order valence-electron chi connectivity index (χ0n) is 6.65. The van der Waals surface area contributed by atoms with E-state index >= 15 is 0 Å². The van der Waals surface area contributed by atoms with Gasteiger partial charge in [0.2, 0.25) is 0 Å². The van der Waals surface area contributed by atoms with Gasteiger partial charge in [-0.2, -0.15) is 0 Å². The Morgan fingerprint density at radius 3 is 2.77 bits per heavy atom. The van der Waals surface area contributed by atoms with Crippen LogP contribution in [-0.2, 0) is 0 Å². The molecule has 0 fully saturated rings. The van der Waals surface area contributed by atoms with Crippen LogP contribution in [-0.4, -0.2) is 22.9 Å². The number of nitrogens with zero attached hydrogens (tertiary/aromatic N) is 1.